The lowest BCUT2D eigenvalue weighted by Crippen LogP contribution is -2.24. The van der Waals surface area contributed by atoms with Gasteiger partial charge in [-0.25, -0.2) is 8.78 Å². The molecule has 2 aromatic carbocycles. The summed E-state index contributed by atoms with van der Waals surface area (Å²) in [6.07, 6.45) is 5.98. The third-order valence-electron chi connectivity index (χ3n) is 4.34. The minimum atomic E-state index is -0.587. The molecular formula is C23H21F2N3O. The molecular weight excluding hydrogens is 372 g/mol. The fourth-order valence-electron chi connectivity index (χ4n) is 2.78. The Kier molecular flexibility index (Phi) is 6.68. The first-order valence-electron chi connectivity index (χ1n) is 9.17. The molecule has 6 heteroatoms. The number of carbonyl (C=O) groups excluding carboxylic acids is 1. The van der Waals surface area contributed by atoms with E-state index >= 15 is 0 Å². The number of hydrogen-bond acceptors (Lipinski definition) is 3. The number of hydrogen-bond donors (Lipinski definition) is 2. The first-order chi connectivity index (χ1) is 14.0. The normalized spacial score (nSPS) is 12.0. The number of nitrogens with one attached hydrogen (secondary N) is 2. The van der Waals surface area contributed by atoms with Gasteiger partial charge in [-0.1, -0.05) is 18.2 Å². The predicted molar refractivity (Wildman–Crippen MR) is 110 cm³/mol. The first-order valence-corrected chi connectivity index (χ1v) is 9.17. The van der Waals surface area contributed by atoms with Crippen molar-refractivity contribution in [2.45, 2.75) is 19.5 Å². The fourth-order valence-corrected chi connectivity index (χ4v) is 2.78. The summed E-state index contributed by atoms with van der Waals surface area (Å²) in [5, 5.41) is 6.15. The van der Waals surface area contributed by atoms with Crippen molar-refractivity contribution in [2.24, 2.45) is 0 Å². The van der Waals surface area contributed by atoms with Gasteiger partial charge in [-0.2, -0.15) is 0 Å². The zero-order valence-corrected chi connectivity index (χ0v) is 15.9. The molecule has 0 radical (unpaired) electrons. The average Bonchev–Trinajstić information content (AvgIpc) is 2.74. The van der Waals surface area contributed by atoms with Crippen molar-refractivity contribution in [2.75, 3.05) is 5.32 Å². The summed E-state index contributed by atoms with van der Waals surface area (Å²) in [5.41, 5.74) is 2.92. The SMILES string of the molecule is C[C@H](NC(=O)/C=C/c1cc(F)ccc1F)c1cccc(NCc2cccnc2)c1. The van der Waals surface area contributed by atoms with Gasteiger partial charge in [-0.15, -0.1) is 0 Å². The fraction of sp³-hybridized carbons (Fsp3) is 0.130. The van der Waals surface area contributed by atoms with Gasteiger partial charge in [0.25, 0.3) is 0 Å². The molecule has 1 heterocycles. The topological polar surface area (TPSA) is 54.0 Å². The van der Waals surface area contributed by atoms with Crippen molar-refractivity contribution in [1.82, 2.24) is 10.3 Å². The molecule has 0 bridgehead atoms. The number of nitrogens with zero attached hydrogens (tertiary/aromatic N) is 1. The Morgan fingerprint density at radius 1 is 1.14 bits per heavy atom. The molecule has 1 atom stereocenters. The molecule has 4 nitrogen and oxygen atoms in total. The standard InChI is InChI=1S/C23H21F2N3O/c1-16(28-23(29)10-7-19-12-20(24)8-9-22(19)25)18-5-2-6-21(13-18)27-15-17-4-3-11-26-14-17/h2-14,16,27H,15H2,1H3,(H,28,29)/b10-7+/t16-/m0/s1. The largest absolute Gasteiger partial charge is 0.381 e. The lowest BCUT2D eigenvalue weighted by molar-refractivity contribution is -0.117. The Labute approximate surface area is 168 Å². The minimum Gasteiger partial charge on any atom is -0.381 e. The van der Waals surface area contributed by atoms with Crippen LogP contribution in [0.5, 0.6) is 0 Å². The molecule has 0 fully saturated rings. The second-order valence-corrected chi connectivity index (χ2v) is 6.57. The average molecular weight is 393 g/mol. The number of rotatable bonds is 7. The Hall–Kier alpha value is -3.54. The molecule has 29 heavy (non-hydrogen) atoms. The van der Waals surface area contributed by atoms with Gasteiger partial charge in [0.2, 0.25) is 5.91 Å². The number of aromatic nitrogens is 1. The van der Waals surface area contributed by atoms with Crippen LogP contribution in [0.25, 0.3) is 6.08 Å². The zero-order valence-electron chi connectivity index (χ0n) is 15.9. The Morgan fingerprint density at radius 2 is 2.00 bits per heavy atom. The van der Waals surface area contributed by atoms with Crippen LogP contribution in [0, 0.1) is 11.6 Å². The van der Waals surface area contributed by atoms with Crippen LogP contribution in [-0.2, 0) is 11.3 Å². The lowest BCUT2D eigenvalue weighted by atomic mass is 10.1. The van der Waals surface area contributed by atoms with Gasteiger partial charge >= 0.3 is 0 Å². The summed E-state index contributed by atoms with van der Waals surface area (Å²) in [7, 11) is 0. The number of carbonyl (C=O) groups is 1. The highest BCUT2D eigenvalue weighted by Gasteiger charge is 2.09. The van der Waals surface area contributed by atoms with Crippen LogP contribution >= 0.6 is 0 Å². The Morgan fingerprint density at radius 3 is 2.79 bits per heavy atom. The third-order valence-corrected chi connectivity index (χ3v) is 4.34. The molecule has 0 saturated heterocycles. The molecule has 0 unspecified atom stereocenters. The third kappa shape index (κ3) is 5.97. The minimum absolute atomic E-state index is 0.0226. The molecule has 0 saturated carbocycles. The van der Waals surface area contributed by atoms with Crippen LogP contribution in [0.2, 0.25) is 0 Å². The maximum Gasteiger partial charge on any atom is 0.244 e. The Bertz CT molecular complexity index is 1010. The summed E-state index contributed by atoms with van der Waals surface area (Å²) < 4.78 is 26.8. The predicted octanol–water partition coefficient (Wildman–Crippen LogP) is 4.86. The molecule has 1 amide bonds. The lowest BCUT2D eigenvalue weighted by Gasteiger charge is -2.15. The molecule has 0 aliphatic heterocycles. The van der Waals surface area contributed by atoms with Gasteiger partial charge in [0, 0.05) is 36.3 Å². The van der Waals surface area contributed by atoms with E-state index in [1.165, 1.54) is 12.2 Å². The highest BCUT2D eigenvalue weighted by Crippen LogP contribution is 2.18. The van der Waals surface area contributed by atoms with Crippen molar-refractivity contribution in [1.29, 1.82) is 0 Å². The van der Waals surface area contributed by atoms with E-state index in [0.29, 0.717) is 6.54 Å². The van der Waals surface area contributed by atoms with E-state index in [2.05, 4.69) is 15.6 Å². The number of anilines is 1. The molecule has 0 aliphatic rings. The van der Waals surface area contributed by atoms with E-state index in [1.807, 2.05) is 43.3 Å². The maximum absolute atomic E-state index is 13.6. The summed E-state index contributed by atoms with van der Waals surface area (Å²) in [6, 6.07) is 14.4. The molecule has 2 N–H and O–H groups in total. The zero-order chi connectivity index (χ0) is 20.6. The summed E-state index contributed by atoms with van der Waals surface area (Å²) >= 11 is 0. The van der Waals surface area contributed by atoms with E-state index in [9.17, 15) is 13.6 Å². The van der Waals surface area contributed by atoms with Crippen LogP contribution in [-0.4, -0.2) is 10.9 Å². The van der Waals surface area contributed by atoms with Crippen LogP contribution < -0.4 is 10.6 Å². The van der Waals surface area contributed by atoms with Gasteiger partial charge in [-0.3, -0.25) is 9.78 Å². The second-order valence-electron chi connectivity index (χ2n) is 6.57. The van der Waals surface area contributed by atoms with E-state index in [-0.39, 0.29) is 11.6 Å². The van der Waals surface area contributed by atoms with Crippen molar-refractivity contribution in [3.8, 4) is 0 Å². The summed E-state index contributed by atoms with van der Waals surface area (Å²) in [4.78, 5) is 16.2. The van der Waals surface area contributed by atoms with E-state index in [1.54, 1.807) is 12.4 Å². The Balaban J connectivity index is 1.59. The van der Waals surface area contributed by atoms with Crippen molar-refractivity contribution in [3.63, 3.8) is 0 Å². The number of pyridine rings is 1. The molecule has 3 aromatic rings. The van der Waals surface area contributed by atoms with E-state index in [0.717, 1.165) is 35.0 Å². The van der Waals surface area contributed by atoms with Gasteiger partial charge in [0.05, 0.1) is 6.04 Å². The molecule has 3 rings (SSSR count). The first kappa shape index (κ1) is 20.2. The van der Waals surface area contributed by atoms with Crippen LogP contribution in [0.1, 0.15) is 29.7 Å². The summed E-state index contributed by atoms with van der Waals surface area (Å²) in [5.74, 6) is -1.54. The highest BCUT2D eigenvalue weighted by molar-refractivity contribution is 5.92. The molecule has 0 spiro atoms. The molecule has 148 valence electrons. The smallest absolute Gasteiger partial charge is 0.244 e. The van der Waals surface area contributed by atoms with Crippen LogP contribution in [0.3, 0.4) is 0 Å². The van der Waals surface area contributed by atoms with Gasteiger partial charge in [0.1, 0.15) is 11.6 Å². The maximum atomic E-state index is 13.6. The van der Waals surface area contributed by atoms with Crippen molar-refractivity contribution in [3.05, 3.63) is 101 Å². The number of amides is 1. The highest BCUT2D eigenvalue weighted by atomic mass is 19.1. The van der Waals surface area contributed by atoms with Gasteiger partial charge < -0.3 is 10.6 Å². The molecule has 1 aromatic heterocycles. The van der Waals surface area contributed by atoms with Gasteiger partial charge in [0.15, 0.2) is 0 Å². The number of halogens is 2. The van der Waals surface area contributed by atoms with Crippen molar-refractivity contribution < 1.29 is 13.6 Å². The van der Waals surface area contributed by atoms with Crippen molar-refractivity contribution >= 4 is 17.7 Å². The van der Waals surface area contributed by atoms with E-state index < -0.39 is 17.5 Å². The van der Waals surface area contributed by atoms with Gasteiger partial charge in [-0.05, 0) is 60.5 Å². The molecule has 0 aliphatic carbocycles. The van der Waals surface area contributed by atoms with Crippen LogP contribution in [0.4, 0.5) is 14.5 Å². The van der Waals surface area contributed by atoms with E-state index in [4.69, 9.17) is 0 Å². The quantitative estimate of drug-likeness (QED) is 0.564. The number of benzene rings is 2. The van der Waals surface area contributed by atoms with Crippen LogP contribution in [0.15, 0.2) is 73.1 Å². The summed E-state index contributed by atoms with van der Waals surface area (Å²) in [6.45, 7) is 2.49. The second kappa shape index (κ2) is 9.59. The monoisotopic (exact) mass is 393 g/mol.